The van der Waals surface area contributed by atoms with Gasteiger partial charge in [0.15, 0.2) is 6.61 Å². The van der Waals surface area contributed by atoms with E-state index in [0.717, 1.165) is 0 Å². The van der Waals surface area contributed by atoms with Gasteiger partial charge in [0.2, 0.25) is 0 Å². The topological polar surface area (TPSA) is 72.8 Å². The number of hydrogen-bond donors (Lipinski definition) is 1. The molecule has 1 N–H and O–H groups in total. The number of ether oxygens (including phenoxy) is 2. The van der Waals surface area contributed by atoms with Crippen LogP contribution >= 0.6 is 15.9 Å². The Kier molecular flexibility index (Phi) is 9.98. The quantitative estimate of drug-likeness (QED) is 0.156. The van der Waals surface area contributed by atoms with Gasteiger partial charge in [0.05, 0.1) is 6.61 Å². The van der Waals surface area contributed by atoms with Gasteiger partial charge < -0.3 is 14.6 Å². The van der Waals surface area contributed by atoms with E-state index in [4.69, 9.17) is 0 Å². The van der Waals surface area contributed by atoms with E-state index in [1.165, 1.54) is 13.8 Å². The Bertz CT molecular complexity index is 882. The molecular weight excluding hydrogens is 642 g/mol. The van der Waals surface area contributed by atoms with Gasteiger partial charge in [-0.05, 0) is 20.8 Å². The van der Waals surface area contributed by atoms with Gasteiger partial charge in [-0.3, -0.25) is 9.59 Å². The van der Waals surface area contributed by atoms with Gasteiger partial charge in [0.25, 0.3) is 0 Å². The molecule has 0 aromatic heterocycles. The summed E-state index contributed by atoms with van der Waals surface area (Å²) in [5, 5.41) is 9.25. The maximum Gasteiger partial charge on any atom is 0.384 e. The van der Waals surface area contributed by atoms with Gasteiger partial charge in [0.1, 0.15) is 16.3 Å². The van der Waals surface area contributed by atoms with Crippen LogP contribution in [0.2, 0.25) is 0 Å². The van der Waals surface area contributed by atoms with Gasteiger partial charge >= 0.3 is 53.4 Å². The second-order valence-corrected chi connectivity index (χ2v) is 10.8. The smallest absolute Gasteiger partial charge is 0.384 e. The van der Waals surface area contributed by atoms with Gasteiger partial charge in [0, 0.05) is 6.92 Å². The van der Waals surface area contributed by atoms with Crippen molar-refractivity contribution in [2.24, 2.45) is 5.41 Å². The van der Waals surface area contributed by atoms with Crippen molar-refractivity contribution in [2.75, 3.05) is 19.8 Å². The summed E-state index contributed by atoms with van der Waals surface area (Å²) in [5.74, 6) is -55.9. The first kappa shape index (κ1) is 36.4. The maximum absolute atomic E-state index is 13.9. The van der Waals surface area contributed by atoms with Crippen LogP contribution in [0.5, 0.6) is 0 Å². The molecule has 0 aliphatic carbocycles. The van der Waals surface area contributed by atoms with Crippen molar-refractivity contribution >= 4 is 27.9 Å². The Labute approximate surface area is 212 Å². The van der Waals surface area contributed by atoms with Crippen molar-refractivity contribution < 1.29 is 85.6 Å². The number of aliphatic hydroxyl groups excluding tert-OH is 1. The molecular formula is C18H19BrF14O5. The van der Waals surface area contributed by atoms with Gasteiger partial charge in [-0.2, -0.15) is 61.5 Å². The lowest BCUT2D eigenvalue weighted by molar-refractivity contribution is -0.441. The standard InChI is InChI=1S/C18H19BrF14O5/c1-10(2,19)8(35)37-6-11(3,5-34)9(36)38-7-13(22,23)15(26,27)17(30,31)18(32,33)16(28,29)14(24,25)12(4,20)21/h34H,5-7H2,1-4H3. The van der Waals surface area contributed by atoms with Crippen LogP contribution < -0.4 is 0 Å². The first-order valence-corrected chi connectivity index (χ1v) is 10.4. The summed E-state index contributed by atoms with van der Waals surface area (Å²) >= 11 is 2.81. The lowest BCUT2D eigenvalue weighted by Crippen LogP contribution is -2.73. The molecule has 1 atom stereocenters. The second kappa shape index (κ2) is 10.4. The fraction of sp³-hybridized carbons (Fsp3) is 0.889. The Morgan fingerprint density at radius 2 is 0.947 bits per heavy atom. The Hall–Kier alpha value is -1.60. The monoisotopic (exact) mass is 660 g/mol. The molecule has 20 heteroatoms. The molecule has 226 valence electrons. The molecule has 0 aromatic rings. The summed E-state index contributed by atoms with van der Waals surface area (Å²) in [6.45, 7) is -4.08. The Morgan fingerprint density at radius 3 is 1.29 bits per heavy atom. The molecule has 5 nitrogen and oxygen atoms in total. The molecule has 0 fully saturated rings. The number of alkyl halides is 15. The molecule has 0 rings (SSSR count). The van der Waals surface area contributed by atoms with Crippen molar-refractivity contribution in [2.45, 2.75) is 73.5 Å². The highest BCUT2D eigenvalue weighted by Gasteiger charge is 2.92. The molecule has 0 spiro atoms. The predicted molar refractivity (Wildman–Crippen MR) is 100 cm³/mol. The first-order valence-electron chi connectivity index (χ1n) is 9.61. The van der Waals surface area contributed by atoms with Crippen molar-refractivity contribution in [3.63, 3.8) is 0 Å². The van der Waals surface area contributed by atoms with Crippen LogP contribution in [0, 0.1) is 5.41 Å². The fourth-order valence-electron chi connectivity index (χ4n) is 2.08. The lowest BCUT2D eigenvalue weighted by Gasteiger charge is -2.42. The first-order chi connectivity index (χ1) is 16.3. The third-order valence-corrected chi connectivity index (χ3v) is 5.15. The minimum absolute atomic E-state index is 0.608. The van der Waals surface area contributed by atoms with Gasteiger partial charge in [-0.25, -0.2) is 0 Å². The van der Waals surface area contributed by atoms with Crippen molar-refractivity contribution in [1.29, 1.82) is 0 Å². The SMILES string of the molecule is CC(C)(Br)C(=O)OCC(C)(CO)C(=O)OCC(F)(F)C(F)(F)C(F)(F)C(F)(F)C(F)(F)C(F)(F)C(C)(F)F. The molecule has 0 radical (unpaired) electrons. The number of aliphatic hydroxyl groups is 1. The van der Waals surface area contributed by atoms with E-state index in [9.17, 15) is 76.2 Å². The predicted octanol–water partition coefficient (Wildman–Crippen LogP) is 5.71. The van der Waals surface area contributed by atoms with E-state index >= 15 is 0 Å². The molecule has 0 bridgehead atoms. The molecule has 0 aliphatic rings. The zero-order valence-corrected chi connectivity index (χ0v) is 21.0. The van der Waals surface area contributed by atoms with Crippen LogP contribution in [0.15, 0.2) is 0 Å². The highest BCUT2D eigenvalue weighted by Crippen LogP contribution is 2.62. The van der Waals surface area contributed by atoms with E-state index in [1.54, 1.807) is 0 Å². The number of esters is 2. The zero-order valence-electron chi connectivity index (χ0n) is 19.4. The number of hydrogen-bond acceptors (Lipinski definition) is 5. The van der Waals surface area contributed by atoms with E-state index < -0.39 is 89.9 Å². The number of carbonyl (C=O) groups excluding carboxylic acids is 2. The van der Waals surface area contributed by atoms with Crippen LogP contribution in [-0.2, 0) is 19.1 Å². The van der Waals surface area contributed by atoms with E-state index in [1.807, 2.05) is 0 Å². The summed E-state index contributed by atoms with van der Waals surface area (Å²) < 4.78 is 196. The van der Waals surface area contributed by atoms with Crippen LogP contribution in [0.3, 0.4) is 0 Å². The third-order valence-electron chi connectivity index (χ3n) is 4.82. The van der Waals surface area contributed by atoms with Gasteiger partial charge in [-0.15, -0.1) is 0 Å². The van der Waals surface area contributed by atoms with Gasteiger partial charge in [-0.1, -0.05) is 15.9 Å². The largest absolute Gasteiger partial charge is 0.463 e. The average molecular weight is 661 g/mol. The highest BCUT2D eigenvalue weighted by atomic mass is 79.9. The summed E-state index contributed by atoms with van der Waals surface area (Å²) in [6.07, 6.45) is 0. The van der Waals surface area contributed by atoms with E-state index in [0.29, 0.717) is 6.92 Å². The van der Waals surface area contributed by atoms with Crippen LogP contribution in [0.25, 0.3) is 0 Å². The normalized spacial score (nSPS) is 16.6. The molecule has 0 saturated carbocycles. The maximum atomic E-state index is 13.9. The minimum atomic E-state index is -8.24. The van der Waals surface area contributed by atoms with Crippen molar-refractivity contribution in [3.8, 4) is 0 Å². The fourth-order valence-corrected chi connectivity index (χ4v) is 2.20. The highest BCUT2D eigenvalue weighted by molar-refractivity contribution is 9.10. The molecule has 0 saturated heterocycles. The number of halogens is 15. The summed E-state index contributed by atoms with van der Waals surface area (Å²) in [7, 11) is 0. The zero-order chi connectivity index (χ0) is 31.2. The summed E-state index contributed by atoms with van der Waals surface area (Å²) in [6, 6.07) is 0. The molecule has 0 heterocycles. The van der Waals surface area contributed by atoms with E-state index in [2.05, 4.69) is 25.4 Å². The summed E-state index contributed by atoms with van der Waals surface area (Å²) in [4.78, 5) is 23.7. The van der Waals surface area contributed by atoms with Crippen molar-refractivity contribution in [1.82, 2.24) is 0 Å². The van der Waals surface area contributed by atoms with Crippen LogP contribution in [-0.4, -0.2) is 82.6 Å². The number of rotatable bonds is 13. The third kappa shape index (κ3) is 6.09. The van der Waals surface area contributed by atoms with Crippen LogP contribution in [0.1, 0.15) is 27.7 Å². The molecule has 0 amide bonds. The second-order valence-electron chi connectivity index (χ2n) is 8.81. The summed E-state index contributed by atoms with van der Waals surface area (Å²) in [5.41, 5.74) is -2.56. The molecule has 0 aromatic carbocycles. The Balaban J connectivity index is 6.10. The number of carbonyl (C=O) groups is 2. The molecule has 38 heavy (non-hydrogen) atoms. The van der Waals surface area contributed by atoms with E-state index in [-0.39, 0.29) is 0 Å². The minimum Gasteiger partial charge on any atom is -0.463 e. The molecule has 0 aliphatic heterocycles. The van der Waals surface area contributed by atoms with Crippen LogP contribution in [0.4, 0.5) is 61.5 Å². The average Bonchev–Trinajstić information content (AvgIpc) is 2.73. The van der Waals surface area contributed by atoms with Crippen molar-refractivity contribution in [3.05, 3.63) is 0 Å². The Morgan fingerprint density at radius 1 is 0.605 bits per heavy atom. The lowest BCUT2D eigenvalue weighted by atomic mass is 9.89. The molecule has 1 unspecified atom stereocenters.